The lowest BCUT2D eigenvalue weighted by atomic mass is 10.1. The molecule has 1 unspecified atom stereocenters. The van der Waals surface area contributed by atoms with E-state index in [1.54, 1.807) is 4.90 Å². The molecule has 0 saturated carbocycles. The standard InChI is InChI=1S/C22H30F3N5O2.CH4O/c1-2-3-4-5-6-7-13-31-18-11-10-15(14-16(18)22(23,24)25)19-28-20(32-29-19)17-9-8-12-30(17)21(26)27;1-2/h10-11,14,17H,2-9,12-13H2,1H3,(H3,26,27);2H,1H3. The summed E-state index contributed by atoms with van der Waals surface area (Å²) in [6, 6.07) is 3.46. The van der Waals surface area contributed by atoms with Crippen LogP contribution >= 0.6 is 0 Å². The minimum atomic E-state index is -4.57. The number of unbranched alkanes of at least 4 members (excludes halogenated alkanes) is 5. The number of aromatic nitrogens is 2. The highest BCUT2D eigenvalue weighted by molar-refractivity contribution is 5.75. The molecule has 1 fully saturated rings. The lowest BCUT2D eigenvalue weighted by molar-refractivity contribution is -0.138. The van der Waals surface area contributed by atoms with Crippen molar-refractivity contribution in [1.29, 1.82) is 5.41 Å². The van der Waals surface area contributed by atoms with Crippen molar-refractivity contribution in [3.8, 4) is 17.1 Å². The highest BCUT2D eigenvalue weighted by atomic mass is 19.4. The molecule has 0 spiro atoms. The van der Waals surface area contributed by atoms with E-state index in [0.29, 0.717) is 19.4 Å². The van der Waals surface area contributed by atoms with Crippen LogP contribution in [0.5, 0.6) is 5.75 Å². The lowest BCUT2D eigenvalue weighted by Gasteiger charge is -2.21. The molecular formula is C23H34F3N5O3. The van der Waals surface area contributed by atoms with Crippen molar-refractivity contribution >= 4 is 5.96 Å². The summed E-state index contributed by atoms with van der Waals surface area (Å²) in [4.78, 5) is 5.92. The zero-order valence-corrected chi connectivity index (χ0v) is 19.7. The number of nitrogens with zero attached hydrogens (tertiary/aromatic N) is 3. The molecule has 1 saturated heterocycles. The van der Waals surface area contributed by atoms with Crippen molar-refractivity contribution < 1.29 is 27.5 Å². The molecule has 1 aromatic carbocycles. The van der Waals surface area contributed by atoms with Crippen LogP contribution < -0.4 is 10.5 Å². The molecule has 2 heterocycles. The first-order valence-electron chi connectivity index (χ1n) is 11.5. The molecule has 0 bridgehead atoms. The van der Waals surface area contributed by atoms with E-state index in [4.69, 9.17) is 25.5 Å². The van der Waals surface area contributed by atoms with Gasteiger partial charge in [-0.15, -0.1) is 0 Å². The van der Waals surface area contributed by atoms with Gasteiger partial charge in [0.15, 0.2) is 5.96 Å². The Labute approximate surface area is 197 Å². The topological polar surface area (TPSA) is 121 Å². The van der Waals surface area contributed by atoms with E-state index < -0.39 is 11.7 Å². The number of aliphatic hydroxyl groups is 1. The van der Waals surface area contributed by atoms with Gasteiger partial charge in [-0.1, -0.05) is 44.2 Å². The minimum absolute atomic E-state index is 0.0587. The van der Waals surface area contributed by atoms with Crippen LogP contribution in [0.3, 0.4) is 0 Å². The van der Waals surface area contributed by atoms with E-state index in [0.717, 1.165) is 45.3 Å². The predicted molar refractivity (Wildman–Crippen MR) is 122 cm³/mol. The molecule has 1 aromatic heterocycles. The fourth-order valence-electron chi connectivity index (χ4n) is 3.88. The van der Waals surface area contributed by atoms with Gasteiger partial charge in [-0.2, -0.15) is 18.2 Å². The number of alkyl halides is 3. The summed E-state index contributed by atoms with van der Waals surface area (Å²) in [6.07, 6.45) is 3.08. The Kier molecular flexibility index (Phi) is 10.6. The van der Waals surface area contributed by atoms with Gasteiger partial charge in [-0.25, -0.2) is 0 Å². The van der Waals surface area contributed by atoms with Crippen molar-refractivity contribution in [2.24, 2.45) is 5.73 Å². The normalized spacial score (nSPS) is 15.7. The fourth-order valence-corrected chi connectivity index (χ4v) is 3.88. The van der Waals surface area contributed by atoms with E-state index in [-0.39, 0.29) is 41.6 Å². The van der Waals surface area contributed by atoms with Gasteiger partial charge in [0.1, 0.15) is 11.8 Å². The van der Waals surface area contributed by atoms with E-state index in [1.807, 2.05) is 0 Å². The van der Waals surface area contributed by atoms with Crippen molar-refractivity contribution in [3.63, 3.8) is 0 Å². The maximum Gasteiger partial charge on any atom is 0.419 e. The third kappa shape index (κ3) is 7.34. The molecule has 1 aliphatic heterocycles. The first-order chi connectivity index (χ1) is 16.3. The molecule has 1 atom stereocenters. The SMILES string of the molecule is CCCCCCCCOc1ccc(-c2noc(C3CCCN3C(=N)N)n2)cc1C(F)(F)F.CO. The second-order valence-electron chi connectivity index (χ2n) is 8.02. The highest BCUT2D eigenvalue weighted by Crippen LogP contribution is 2.39. The summed E-state index contributed by atoms with van der Waals surface area (Å²) in [5.41, 5.74) is 4.91. The maximum absolute atomic E-state index is 13.7. The van der Waals surface area contributed by atoms with Crippen molar-refractivity contribution in [2.75, 3.05) is 20.3 Å². The van der Waals surface area contributed by atoms with Crippen LogP contribution in [-0.2, 0) is 6.18 Å². The number of hydrogen-bond acceptors (Lipinski definition) is 6. The molecule has 8 nitrogen and oxygen atoms in total. The van der Waals surface area contributed by atoms with E-state index in [2.05, 4.69) is 17.1 Å². The van der Waals surface area contributed by atoms with Gasteiger partial charge in [0.05, 0.1) is 12.2 Å². The maximum atomic E-state index is 13.7. The van der Waals surface area contributed by atoms with Gasteiger partial charge in [-0.05, 0) is 37.5 Å². The first kappa shape index (κ1) is 27.4. The predicted octanol–water partition coefficient (Wildman–Crippen LogP) is 5.13. The number of nitrogens with one attached hydrogen (secondary N) is 1. The number of rotatable bonds is 10. The highest BCUT2D eigenvalue weighted by Gasteiger charge is 2.36. The number of guanidine groups is 1. The quantitative estimate of drug-likeness (QED) is 0.242. The van der Waals surface area contributed by atoms with Crippen LogP contribution in [0.25, 0.3) is 11.4 Å². The van der Waals surface area contributed by atoms with Crippen LogP contribution in [0.2, 0.25) is 0 Å². The van der Waals surface area contributed by atoms with Crippen LogP contribution in [0.1, 0.15) is 75.8 Å². The summed E-state index contributed by atoms with van der Waals surface area (Å²) in [5.74, 6) is 0.00332. The van der Waals surface area contributed by atoms with Gasteiger partial charge in [0, 0.05) is 19.2 Å². The summed E-state index contributed by atoms with van der Waals surface area (Å²) in [7, 11) is 1.00. The molecule has 11 heteroatoms. The Morgan fingerprint density at radius 2 is 1.94 bits per heavy atom. The lowest BCUT2D eigenvalue weighted by Crippen LogP contribution is -2.35. The molecule has 0 radical (unpaired) electrons. The van der Waals surface area contributed by atoms with Gasteiger partial charge < -0.3 is 25.0 Å². The smallest absolute Gasteiger partial charge is 0.419 e. The van der Waals surface area contributed by atoms with Crippen LogP contribution in [0, 0.1) is 5.41 Å². The molecule has 2 aromatic rings. The fraction of sp³-hybridized carbons (Fsp3) is 0.609. The summed E-state index contributed by atoms with van der Waals surface area (Å²) in [5, 5.41) is 18.5. The molecule has 0 amide bonds. The second-order valence-corrected chi connectivity index (χ2v) is 8.02. The van der Waals surface area contributed by atoms with Gasteiger partial charge in [0.25, 0.3) is 0 Å². The number of nitrogens with two attached hydrogens (primary N) is 1. The summed E-state index contributed by atoms with van der Waals surface area (Å²) >= 11 is 0. The average molecular weight is 486 g/mol. The van der Waals surface area contributed by atoms with Crippen molar-refractivity contribution in [1.82, 2.24) is 15.0 Å². The molecule has 3 rings (SSSR count). The largest absolute Gasteiger partial charge is 0.493 e. The Hall–Kier alpha value is -2.82. The number of ether oxygens (including phenoxy) is 1. The Balaban J connectivity index is 0.00000199. The molecule has 34 heavy (non-hydrogen) atoms. The van der Waals surface area contributed by atoms with Crippen LogP contribution in [-0.4, -0.2) is 46.4 Å². The first-order valence-corrected chi connectivity index (χ1v) is 11.5. The molecule has 0 aliphatic carbocycles. The summed E-state index contributed by atoms with van der Waals surface area (Å²) < 4.78 is 51.7. The zero-order chi connectivity index (χ0) is 25.1. The van der Waals surface area contributed by atoms with E-state index in [9.17, 15) is 13.2 Å². The Morgan fingerprint density at radius 3 is 2.62 bits per heavy atom. The molecule has 190 valence electrons. The van der Waals surface area contributed by atoms with Crippen molar-refractivity contribution in [2.45, 2.75) is 70.5 Å². The van der Waals surface area contributed by atoms with Crippen LogP contribution in [0.4, 0.5) is 13.2 Å². The van der Waals surface area contributed by atoms with E-state index in [1.165, 1.54) is 18.6 Å². The van der Waals surface area contributed by atoms with Crippen LogP contribution in [0.15, 0.2) is 22.7 Å². The molecule has 1 aliphatic rings. The van der Waals surface area contributed by atoms with Gasteiger partial charge >= 0.3 is 6.18 Å². The number of aliphatic hydroxyl groups excluding tert-OH is 1. The minimum Gasteiger partial charge on any atom is -0.493 e. The van der Waals surface area contributed by atoms with Crippen molar-refractivity contribution in [3.05, 3.63) is 29.7 Å². The number of halogens is 3. The van der Waals surface area contributed by atoms with Gasteiger partial charge in [-0.3, -0.25) is 5.41 Å². The number of benzene rings is 1. The molecular weight excluding hydrogens is 451 g/mol. The monoisotopic (exact) mass is 485 g/mol. The second kappa shape index (κ2) is 13.2. The third-order valence-corrected chi connectivity index (χ3v) is 5.59. The Bertz CT molecular complexity index is 904. The third-order valence-electron chi connectivity index (χ3n) is 5.59. The zero-order valence-electron chi connectivity index (χ0n) is 19.7. The Morgan fingerprint density at radius 1 is 1.24 bits per heavy atom. The van der Waals surface area contributed by atoms with E-state index >= 15 is 0 Å². The number of likely N-dealkylation sites (tertiary alicyclic amines) is 1. The van der Waals surface area contributed by atoms with Gasteiger partial charge in [0.2, 0.25) is 11.7 Å². The average Bonchev–Trinajstić information content (AvgIpc) is 3.49. The molecule has 4 N–H and O–H groups in total. The number of hydrogen-bond donors (Lipinski definition) is 3. The summed E-state index contributed by atoms with van der Waals surface area (Å²) in [6.45, 7) is 2.97.